The molecular formula is C12H14ClNO. The molecule has 2 nitrogen and oxygen atoms in total. The van der Waals surface area contributed by atoms with Crippen LogP contribution in [-0.2, 0) is 0 Å². The van der Waals surface area contributed by atoms with Gasteiger partial charge < -0.3 is 4.74 Å². The van der Waals surface area contributed by atoms with Crippen LogP contribution in [0.3, 0.4) is 0 Å². The number of hydrogen-bond donors (Lipinski definition) is 0. The highest BCUT2D eigenvalue weighted by Crippen LogP contribution is 2.29. The highest BCUT2D eigenvalue weighted by molar-refractivity contribution is 6.32. The van der Waals surface area contributed by atoms with Gasteiger partial charge in [-0.25, -0.2) is 0 Å². The zero-order valence-electron chi connectivity index (χ0n) is 8.96. The molecule has 15 heavy (non-hydrogen) atoms. The Morgan fingerprint density at radius 1 is 1.53 bits per heavy atom. The van der Waals surface area contributed by atoms with E-state index in [1.54, 1.807) is 7.11 Å². The third-order valence-electron chi connectivity index (χ3n) is 2.43. The normalized spacial score (nSPS) is 11.9. The van der Waals surface area contributed by atoms with Gasteiger partial charge >= 0.3 is 0 Å². The van der Waals surface area contributed by atoms with Gasteiger partial charge in [0, 0.05) is 6.42 Å². The topological polar surface area (TPSA) is 33.0 Å². The minimum absolute atomic E-state index is 0.355. The first-order valence-corrected chi connectivity index (χ1v) is 5.27. The highest BCUT2D eigenvalue weighted by atomic mass is 35.5. The lowest BCUT2D eigenvalue weighted by Crippen LogP contribution is -1.94. The highest BCUT2D eigenvalue weighted by Gasteiger charge is 2.08. The average molecular weight is 224 g/mol. The summed E-state index contributed by atoms with van der Waals surface area (Å²) in [7, 11) is 1.60. The maximum absolute atomic E-state index is 8.50. The molecule has 1 rings (SSSR count). The van der Waals surface area contributed by atoms with E-state index < -0.39 is 0 Å². The van der Waals surface area contributed by atoms with E-state index in [0.29, 0.717) is 23.1 Å². The standard InChI is InChI=1S/C12H14ClNO/c1-9(4-3-7-14)10-5-6-12(15-2)11(13)8-10/h5-6,8-9H,3-4H2,1-2H3. The van der Waals surface area contributed by atoms with Crippen molar-refractivity contribution < 1.29 is 4.74 Å². The van der Waals surface area contributed by atoms with E-state index >= 15 is 0 Å². The van der Waals surface area contributed by atoms with Gasteiger partial charge in [0.2, 0.25) is 0 Å². The molecule has 1 aromatic carbocycles. The lowest BCUT2D eigenvalue weighted by Gasteiger charge is -2.11. The summed E-state index contributed by atoms with van der Waals surface area (Å²) in [4.78, 5) is 0. The number of halogens is 1. The van der Waals surface area contributed by atoms with Crippen LogP contribution in [0.4, 0.5) is 0 Å². The maximum Gasteiger partial charge on any atom is 0.137 e. The summed E-state index contributed by atoms with van der Waals surface area (Å²) in [5.41, 5.74) is 1.15. The predicted molar refractivity (Wildman–Crippen MR) is 61.3 cm³/mol. The van der Waals surface area contributed by atoms with Crippen LogP contribution >= 0.6 is 11.6 Å². The second kappa shape index (κ2) is 5.63. The van der Waals surface area contributed by atoms with Crippen molar-refractivity contribution in [2.45, 2.75) is 25.7 Å². The van der Waals surface area contributed by atoms with Crippen molar-refractivity contribution in [2.24, 2.45) is 0 Å². The van der Waals surface area contributed by atoms with Gasteiger partial charge in [0.25, 0.3) is 0 Å². The van der Waals surface area contributed by atoms with Crippen LogP contribution in [0.1, 0.15) is 31.2 Å². The second-order valence-electron chi connectivity index (χ2n) is 3.49. The molecule has 80 valence electrons. The molecular weight excluding hydrogens is 210 g/mol. The van der Waals surface area contributed by atoms with Gasteiger partial charge in [0.05, 0.1) is 18.2 Å². The van der Waals surface area contributed by atoms with Gasteiger partial charge in [-0.2, -0.15) is 5.26 Å². The quantitative estimate of drug-likeness (QED) is 0.779. The molecule has 1 unspecified atom stereocenters. The molecule has 0 bridgehead atoms. The van der Waals surface area contributed by atoms with E-state index in [2.05, 4.69) is 13.0 Å². The third-order valence-corrected chi connectivity index (χ3v) is 2.73. The maximum atomic E-state index is 8.50. The van der Waals surface area contributed by atoms with Crippen LogP contribution in [0.15, 0.2) is 18.2 Å². The summed E-state index contributed by atoms with van der Waals surface area (Å²) < 4.78 is 5.08. The Morgan fingerprint density at radius 3 is 2.80 bits per heavy atom. The molecule has 0 saturated heterocycles. The van der Waals surface area contributed by atoms with E-state index in [0.717, 1.165) is 12.0 Å². The van der Waals surface area contributed by atoms with Gasteiger partial charge in [-0.1, -0.05) is 24.6 Å². The van der Waals surface area contributed by atoms with E-state index in [-0.39, 0.29) is 0 Å². The number of rotatable bonds is 4. The molecule has 0 radical (unpaired) electrons. The number of nitrogens with zero attached hydrogens (tertiary/aromatic N) is 1. The molecule has 3 heteroatoms. The van der Waals surface area contributed by atoms with Gasteiger partial charge in [-0.05, 0) is 30.0 Å². The van der Waals surface area contributed by atoms with Crippen molar-refractivity contribution in [3.8, 4) is 11.8 Å². The first-order chi connectivity index (χ1) is 7.19. The number of methoxy groups -OCH3 is 1. The summed E-state index contributed by atoms with van der Waals surface area (Å²) >= 11 is 6.02. The monoisotopic (exact) mass is 223 g/mol. The van der Waals surface area contributed by atoms with Crippen molar-refractivity contribution in [1.82, 2.24) is 0 Å². The summed E-state index contributed by atoms with van der Waals surface area (Å²) in [6.07, 6.45) is 1.43. The second-order valence-corrected chi connectivity index (χ2v) is 3.90. The Labute approximate surface area is 95.4 Å². The fraction of sp³-hybridized carbons (Fsp3) is 0.417. The predicted octanol–water partition coefficient (Wildman–Crippen LogP) is 3.76. The van der Waals surface area contributed by atoms with Gasteiger partial charge in [-0.15, -0.1) is 0 Å². The van der Waals surface area contributed by atoms with Gasteiger partial charge in [0.15, 0.2) is 0 Å². The van der Waals surface area contributed by atoms with Gasteiger partial charge in [0.1, 0.15) is 5.75 Å². The molecule has 0 aliphatic heterocycles. The Balaban J connectivity index is 2.79. The van der Waals surface area contributed by atoms with E-state index in [1.807, 2.05) is 18.2 Å². The molecule has 0 aliphatic rings. The van der Waals surface area contributed by atoms with Crippen LogP contribution in [0.25, 0.3) is 0 Å². The molecule has 0 fully saturated rings. The lowest BCUT2D eigenvalue weighted by molar-refractivity contribution is 0.414. The van der Waals surface area contributed by atoms with Gasteiger partial charge in [-0.3, -0.25) is 0 Å². The molecule has 1 aromatic rings. The van der Waals surface area contributed by atoms with Crippen LogP contribution < -0.4 is 4.74 Å². The SMILES string of the molecule is COc1ccc(C(C)CCC#N)cc1Cl. The zero-order valence-corrected chi connectivity index (χ0v) is 9.71. The minimum atomic E-state index is 0.355. The molecule has 0 N–H and O–H groups in total. The molecule has 0 aromatic heterocycles. The fourth-order valence-electron chi connectivity index (χ4n) is 1.44. The van der Waals surface area contributed by atoms with Crippen molar-refractivity contribution in [2.75, 3.05) is 7.11 Å². The van der Waals surface area contributed by atoms with E-state index in [4.69, 9.17) is 21.6 Å². The van der Waals surface area contributed by atoms with Crippen LogP contribution in [0, 0.1) is 11.3 Å². The number of ether oxygens (including phenoxy) is 1. The lowest BCUT2D eigenvalue weighted by atomic mass is 9.96. The Hall–Kier alpha value is -1.20. The first kappa shape index (κ1) is 11.9. The van der Waals surface area contributed by atoms with Crippen LogP contribution in [0.2, 0.25) is 5.02 Å². The molecule has 0 aliphatic carbocycles. The van der Waals surface area contributed by atoms with Crippen molar-refractivity contribution in [1.29, 1.82) is 5.26 Å². The largest absolute Gasteiger partial charge is 0.495 e. The Morgan fingerprint density at radius 2 is 2.27 bits per heavy atom. The number of nitriles is 1. The number of benzene rings is 1. The first-order valence-electron chi connectivity index (χ1n) is 4.89. The molecule has 0 spiro atoms. The molecule has 0 saturated carbocycles. The van der Waals surface area contributed by atoms with Crippen molar-refractivity contribution in [3.63, 3.8) is 0 Å². The van der Waals surface area contributed by atoms with Crippen LogP contribution in [-0.4, -0.2) is 7.11 Å². The fourth-order valence-corrected chi connectivity index (χ4v) is 1.70. The summed E-state index contributed by atoms with van der Waals surface area (Å²) in [6, 6.07) is 7.91. The number of hydrogen-bond acceptors (Lipinski definition) is 2. The summed E-state index contributed by atoms with van der Waals surface area (Å²) in [5.74, 6) is 1.04. The minimum Gasteiger partial charge on any atom is -0.495 e. The summed E-state index contributed by atoms with van der Waals surface area (Å²) in [5, 5.41) is 9.13. The third kappa shape index (κ3) is 3.14. The van der Waals surface area contributed by atoms with Crippen LogP contribution in [0.5, 0.6) is 5.75 Å². The molecule has 1 atom stereocenters. The average Bonchev–Trinajstić information content (AvgIpc) is 2.25. The zero-order chi connectivity index (χ0) is 11.3. The smallest absolute Gasteiger partial charge is 0.137 e. The Bertz CT molecular complexity index is 370. The van der Waals surface area contributed by atoms with E-state index in [9.17, 15) is 0 Å². The Kier molecular flexibility index (Phi) is 4.45. The summed E-state index contributed by atoms with van der Waals surface area (Å²) in [6.45, 7) is 2.09. The molecule has 0 amide bonds. The van der Waals surface area contributed by atoms with Crippen molar-refractivity contribution in [3.05, 3.63) is 28.8 Å². The van der Waals surface area contributed by atoms with Crippen molar-refractivity contribution >= 4 is 11.6 Å². The van der Waals surface area contributed by atoms with E-state index in [1.165, 1.54) is 0 Å². The molecule has 0 heterocycles.